The van der Waals surface area contributed by atoms with E-state index in [1.165, 1.54) is 4.90 Å². The summed E-state index contributed by atoms with van der Waals surface area (Å²) in [6, 6.07) is 18.0. The molecule has 0 radical (unpaired) electrons. The molecule has 0 bridgehead atoms. The highest BCUT2D eigenvalue weighted by molar-refractivity contribution is 5.80. The Kier molecular flexibility index (Phi) is 6.06. The number of carbonyl (C=O) groups is 3. The number of rotatable bonds is 6. The van der Waals surface area contributed by atoms with Crippen molar-refractivity contribution in [2.45, 2.75) is 25.1 Å². The van der Waals surface area contributed by atoms with E-state index in [9.17, 15) is 19.5 Å². The van der Waals surface area contributed by atoms with Gasteiger partial charge in [0.1, 0.15) is 6.61 Å². The molecular formula is C23H25N3O5. The summed E-state index contributed by atoms with van der Waals surface area (Å²) in [7, 11) is 0. The number of piperazine rings is 1. The number of hydrogen-bond acceptors (Lipinski definition) is 4. The second kappa shape index (κ2) is 9.07. The van der Waals surface area contributed by atoms with Crippen molar-refractivity contribution >= 4 is 18.1 Å². The number of esters is 1. The summed E-state index contributed by atoms with van der Waals surface area (Å²) in [5.41, 5.74) is 1.75. The molecule has 8 heteroatoms. The monoisotopic (exact) mass is 423 g/mol. The Hall–Kier alpha value is -3.55. The van der Waals surface area contributed by atoms with Crippen LogP contribution in [0.1, 0.15) is 23.6 Å². The molecule has 3 amide bonds. The lowest BCUT2D eigenvalue weighted by molar-refractivity contribution is -0.146. The van der Waals surface area contributed by atoms with Crippen LogP contribution in [0.4, 0.5) is 9.59 Å². The summed E-state index contributed by atoms with van der Waals surface area (Å²) in [6.45, 7) is 1.47. The topological polar surface area (TPSA) is 90.4 Å². The Morgan fingerprint density at radius 3 is 2.35 bits per heavy atom. The average Bonchev–Trinajstić information content (AvgIpc) is 3.13. The molecule has 2 fully saturated rings. The van der Waals surface area contributed by atoms with E-state index >= 15 is 0 Å². The number of amides is 3. The molecule has 2 saturated heterocycles. The van der Waals surface area contributed by atoms with E-state index < -0.39 is 12.1 Å². The molecule has 31 heavy (non-hydrogen) atoms. The molecule has 1 N–H and O–H groups in total. The van der Waals surface area contributed by atoms with E-state index in [1.54, 1.807) is 9.80 Å². The first-order chi connectivity index (χ1) is 15.0. The molecule has 2 heterocycles. The minimum absolute atomic E-state index is 0.0335. The number of fused-ring (bicyclic) bond motifs is 1. The van der Waals surface area contributed by atoms with Crippen LogP contribution in [0, 0.1) is 0 Å². The quantitative estimate of drug-likeness (QED) is 0.722. The van der Waals surface area contributed by atoms with Crippen LogP contribution in [0.25, 0.3) is 0 Å². The molecular weight excluding hydrogens is 398 g/mol. The maximum atomic E-state index is 13.1. The number of carboxylic acid groups (broad SMARTS) is 1. The Balaban J connectivity index is 1.48. The Bertz CT molecular complexity index is 937. The molecule has 2 aromatic rings. The summed E-state index contributed by atoms with van der Waals surface area (Å²) >= 11 is 0. The second-order valence-corrected chi connectivity index (χ2v) is 7.79. The zero-order valence-corrected chi connectivity index (χ0v) is 17.1. The van der Waals surface area contributed by atoms with Crippen LogP contribution in [0.2, 0.25) is 0 Å². The number of ether oxygens (including phenoxy) is 1. The second-order valence-electron chi connectivity index (χ2n) is 7.79. The summed E-state index contributed by atoms with van der Waals surface area (Å²) < 4.78 is 5.47. The zero-order chi connectivity index (χ0) is 21.8. The van der Waals surface area contributed by atoms with E-state index in [2.05, 4.69) is 0 Å². The largest absolute Gasteiger partial charge is 0.465 e. The summed E-state index contributed by atoms with van der Waals surface area (Å²) in [4.78, 5) is 41.9. The molecule has 1 unspecified atom stereocenters. The van der Waals surface area contributed by atoms with E-state index in [0.29, 0.717) is 19.6 Å². The van der Waals surface area contributed by atoms with Crippen molar-refractivity contribution < 1.29 is 24.2 Å². The molecule has 2 atom stereocenters. The first-order valence-electron chi connectivity index (χ1n) is 10.3. The minimum Gasteiger partial charge on any atom is -0.465 e. The van der Waals surface area contributed by atoms with E-state index in [4.69, 9.17) is 4.74 Å². The molecule has 0 spiro atoms. The molecule has 2 aliphatic rings. The van der Waals surface area contributed by atoms with Crippen LogP contribution in [0.15, 0.2) is 60.7 Å². The summed E-state index contributed by atoms with van der Waals surface area (Å²) in [6.07, 6.45) is -0.944. The SMILES string of the molecule is O=C(CC(c1ccccc1)N1C[C@@H]2CN(C(=O)O)CCN2C1=O)OCc1ccccc1. The number of benzene rings is 2. The molecule has 162 valence electrons. The van der Waals surface area contributed by atoms with Crippen molar-refractivity contribution in [3.63, 3.8) is 0 Å². The predicted octanol–water partition coefficient (Wildman–Crippen LogP) is 2.96. The van der Waals surface area contributed by atoms with E-state index in [1.807, 2.05) is 60.7 Å². The molecule has 0 aromatic heterocycles. The van der Waals surface area contributed by atoms with Crippen molar-refractivity contribution in [1.82, 2.24) is 14.7 Å². The van der Waals surface area contributed by atoms with Gasteiger partial charge in [0.15, 0.2) is 0 Å². The first kappa shape index (κ1) is 20.7. The fourth-order valence-electron chi connectivity index (χ4n) is 4.21. The van der Waals surface area contributed by atoms with Gasteiger partial charge in [0.25, 0.3) is 0 Å². The molecule has 4 rings (SSSR count). The first-order valence-corrected chi connectivity index (χ1v) is 10.3. The fourth-order valence-corrected chi connectivity index (χ4v) is 4.21. The maximum Gasteiger partial charge on any atom is 0.407 e. The normalized spacial score (nSPS) is 19.2. The zero-order valence-electron chi connectivity index (χ0n) is 17.1. The van der Waals surface area contributed by atoms with Gasteiger partial charge in [-0.1, -0.05) is 60.7 Å². The van der Waals surface area contributed by atoms with Gasteiger partial charge < -0.3 is 24.5 Å². The number of nitrogens with zero attached hydrogens (tertiary/aromatic N) is 3. The number of carbonyl (C=O) groups excluding carboxylic acids is 2. The van der Waals surface area contributed by atoms with E-state index in [0.717, 1.165) is 11.1 Å². The average molecular weight is 423 g/mol. The summed E-state index contributed by atoms with van der Waals surface area (Å²) in [5.74, 6) is -0.387. The van der Waals surface area contributed by atoms with Crippen LogP contribution in [0.5, 0.6) is 0 Å². The lowest BCUT2D eigenvalue weighted by Gasteiger charge is -2.34. The highest BCUT2D eigenvalue weighted by Crippen LogP contribution is 2.32. The van der Waals surface area contributed by atoms with Gasteiger partial charge in [0, 0.05) is 26.2 Å². The summed E-state index contributed by atoms with van der Waals surface area (Å²) in [5, 5.41) is 9.30. The van der Waals surface area contributed by atoms with Crippen molar-refractivity contribution in [2.75, 3.05) is 26.2 Å². The maximum absolute atomic E-state index is 13.1. The van der Waals surface area contributed by atoms with Crippen molar-refractivity contribution in [3.05, 3.63) is 71.8 Å². The number of hydrogen-bond donors (Lipinski definition) is 1. The Morgan fingerprint density at radius 2 is 1.68 bits per heavy atom. The smallest absolute Gasteiger partial charge is 0.407 e. The third kappa shape index (κ3) is 4.63. The van der Waals surface area contributed by atoms with Crippen LogP contribution >= 0.6 is 0 Å². The van der Waals surface area contributed by atoms with Gasteiger partial charge in [-0.15, -0.1) is 0 Å². The van der Waals surface area contributed by atoms with Gasteiger partial charge in [0.05, 0.1) is 18.5 Å². The van der Waals surface area contributed by atoms with Crippen LogP contribution < -0.4 is 0 Å². The van der Waals surface area contributed by atoms with Gasteiger partial charge in [-0.3, -0.25) is 4.79 Å². The van der Waals surface area contributed by atoms with Crippen molar-refractivity contribution in [2.24, 2.45) is 0 Å². The molecule has 0 saturated carbocycles. The predicted molar refractivity (Wildman–Crippen MR) is 112 cm³/mol. The van der Waals surface area contributed by atoms with Gasteiger partial charge in [-0.05, 0) is 11.1 Å². The highest BCUT2D eigenvalue weighted by Gasteiger charge is 2.44. The van der Waals surface area contributed by atoms with Crippen LogP contribution in [-0.4, -0.2) is 70.1 Å². The van der Waals surface area contributed by atoms with Gasteiger partial charge >= 0.3 is 18.1 Å². The molecule has 2 aromatic carbocycles. The molecule has 2 aliphatic heterocycles. The molecule has 8 nitrogen and oxygen atoms in total. The van der Waals surface area contributed by atoms with Crippen LogP contribution in [-0.2, 0) is 16.1 Å². The Morgan fingerprint density at radius 1 is 1.00 bits per heavy atom. The Labute approximate surface area is 180 Å². The van der Waals surface area contributed by atoms with Crippen molar-refractivity contribution in [3.8, 4) is 0 Å². The fraction of sp³-hybridized carbons (Fsp3) is 0.348. The number of urea groups is 1. The van der Waals surface area contributed by atoms with Gasteiger partial charge in [-0.25, -0.2) is 9.59 Å². The standard InChI is InChI=1S/C23H25N3O5/c27-21(31-16-17-7-3-1-4-8-17)13-20(18-9-5-2-6-10-18)26-15-19-14-24(23(29)30)11-12-25(19)22(26)28/h1-10,19-20H,11-16H2,(H,29,30)/t19-,20?/m0/s1. The lowest BCUT2D eigenvalue weighted by Crippen LogP contribution is -2.53. The third-order valence-corrected chi connectivity index (χ3v) is 5.82. The van der Waals surface area contributed by atoms with E-state index in [-0.39, 0.29) is 37.6 Å². The van der Waals surface area contributed by atoms with Gasteiger partial charge in [0.2, 0.25) is 0 Å². The van der Waals surface area contributed by atoms with Crippen molar-refractivity contribution in [1.29, 1.82) is 0 Å². The van der Waals surface area contributed by atoms with Crippen LogP contribution in [0.3, 0.4) is 0 Å². The van der Waals surface area contributed by atoms with Gasteiger partial charge in [-0.2, -0.15) is 0 Å². The lowest BCUT2D eigenvalue weighted by atomic mass is 10.0. The third-order valence-electron chi connectivity index (χ3n) is 5.82. The highest BCUT2D eigenvalue weighted by atomic mass is 16.5. The minimum atomic E-state index is -0.977. The molecule has 0 aliphatic carbocycles.